The van der Waals surface area contributed by atoms with Gasteiger partial charge in [-0.05, 0) is 31.5 Å². The Kier molecular flexibility index (Phi) is 6.82. The fourth-order valence-corrected chi connectivity index (χ4v) is 4.35. The van der Waals surface area contributed by atoms with Gasteiger partial charge in [-0.3, -0.25) is 9.59 Å². The van der Waals surface area contributed by atoms with Crippen molar-refractivity contribution in [3.05, 3.63) is 44.9 Å². The highest BCUT2D eigenvalue weighted by Crippen LogP contribution is 2.27. The normalized spacial score (nSPS) is 12.0. The van der Waals surface area contributed by atoms with E-state index in [0.29, 0.717) is 0 Å². The number of carbonyl (C=O) groups is 2. The molecule has 1 atom stereocenters. The summed E-state index contributed by atoms with van der Waals surface area (Å²) >= 11 is 6.17. The molecule has 1 heterocycles. The van der Waals surface area contributed by atoms with Crippen LogP contribution < -0.4 is 11.1 Å². The molecule has 0 bridgehead atoms. The van der Waals surface area contributed by atoms with Crippen LogP contribution in [0.2, 0.25) is 0 Å². The van der Waals surface area contributed by atoms with Crippen molar-refractivity contribution in [2.75, 3.05) is 5.75 Å². The highest BCUT2D eigenvalue weighted by molar-refractivity contribution is 9.10. The first-order valence-corrected chi connectivity index (χ1v) is 9.87. The van der Waals surface area contributed by atoms with Crippen LogP contribution in [0.3, 0.4) is 0 Å². The first-order valence-electron chi connectivity index (χ1n) is 7.27. The number of thioether (sulfide) groups is 1. The topological polar surface area (TPSA) is 85.1 Å². The van der Waals surface area contributed by atoms with Gasteiger partial charge in [0.05, 0.1) is 23.9 Å². The molecule has 24 heavy (non-hydrogen) atoms. The fourth-order valence-electron chi connectivity index (χ4n) is 2.03. The summed E-state index contributed by atoms with van der Waals surface area (Å²) in [6.45, 7) is 3.79. The number of aromatic nitrogens is 1. The van der Waals surface area contributed by atoms with E-state index in [-0.39, 0.29) is 30.0 Å². The Labute approximate surface area is 157 Å². The first-order chi connectivity index (χ1) is 11.3. The van der Waals surface area contributed by atoms with Crippen molar-refractivity contribution in [2.24, 2.45) is 5.73 Å². The van der Waals surface area contributed by atoms with Crippen LogP contribution >= 0.6 is 39.0 Å². The molecule has 0 fully saturated rings. The molecular formula is C16H18BrN3O2S2. The molecular weight excluding hydrogens is 410 g/mol. The van der Waals surface area contributed by atoms with Gasteiger partial charge in [-0.1, -0.05) is 39.8 Å². The van der Waals surface area contributed by atoms with E-state index in [2.05, 4.69) is 26.2 Å². The second-order valence-electron chi connectivity index (χ2n) is 5.26. The average Bonchev–Trinajstić information content (AvgIpc) is 2.85. The van der Waals surface area contributed by atoms with Crippen molar-refractivity contribution in [3.8, 4) is 0 Å². The number of nitrogens with two attached hydrogens (primary N) is 1. The Morgan fingerprint density at radius 1 is 1.38 bits per heavy atom. The predicted octanol–water partition coefficient (Wildman–Crippen LogP) is 3.21. The van der Waals surface area contributed by atoms with Gasteiger partial charge in [-0.2, -0.15) is 0 Å². The minimum atomic E-state index is -0.376. The van der Waals surface area contributed by atoms with E-state index in [0.717, 1.165) is 24.9 Å². The number of nitrogens with one attached hydrogen (secondary N) is 1. The third-order valence-electron chi connectivity index (χ3n) is 3.28. The van der Waals surface area contributed by atoms with E-state index in [1.165, 1.54) is 23.1 Å². The Hall–Kier alpha value is -1.38. The summed E-state index contributed by atoms with van der Waals surface area (Å²) in [6.07, 6.45) is 0.191. The fraction of sp³-hybridized carbons (Fsp3) is 0.312. The van der Waals surface area contributed by atoms with E-state index in [4.69, 9.17) is 5.73 Å². The maximum atomic E-state index is 12.1. The second kappa shape index (κ2) is 8.64. The maximum Gasteiger partial charge on any atom is 0.230 e. The lowest BCUT2D eigenvalue weighted by Crippen LogP contribution is -2.28. The van der Waals surface area contributed by atoms with Gasteiger partial charge in [0.2, 0.25) is 11.8 Å². The standard InChI is InChI=1S/C16H18BrN3O2S2/c1-9(11-3-5-12(17)6-4-11)19-15(22)8-23-16-20-10(2)13(24-16)7-14(18)21/h3-6,9H,7-8H2,1-2H3,(H2,18,21)(H,19,22)/t9-/m0/s1. The third kappa shape index (κ3) is 5.61. The lowest BCUT2D eigenvalue weighted by molar-refractivity contribution is -0.119. The van der Waals surface area contributed by atoms with E-state index >= 15 is 0 Å². The summed E-state index contributed by atoms with van der Waals surface area (Å²) in [5.41, 5.74) is 7.05. The summed E-state index contributed by atoms with van der Waals surface area (Å²) in [6, 6.07) is 7.79. The molecule has 5 nitrogen and oxygen atoms in total. The van der Waals surface area contributed by atoms with Gasteiger partial charge in [0.1, 0.15) is 0 Å². The minimum Gasteiger partial charge on any atom is -0.369 e. The average molecular weight is 428 g/mol. The Bertz CT molecular complexity index is 731. The number of primary amides is 1. The number of rotatable bonds is 7. The Morgan fingerprint density at radius 3 is 2.67 bits per heavy atom. The number of aryl methyl sites for hydroxylation is 1. The highest BCUT2D eigenvalue weighted by atomic mass is 79.9. The Balaban J connectivity index is 1.86. The molecule has 0 radical (unpaired) electrons. The van der Waals surface area contributed by atoms with Gasteiger partial charge in [-0.15, -0.1) is 11.3 Å². The van der Waals surface area contributed by atoms with Crippen LogP contribution in [-0.4, -0.2) is 22.6 Å². The molecule has 0 spiro atoms. The molecule has 3 N–H and O–H groups in total. The predicted molar refractivity (Wildman–Crippen MR) is 101 cm³/mol. The summed E-state index contributed by atoms with van der Waals surface area (Å²) < 4.78 is 1.78. The summed E-state index contributed by atoms with van der Waals surface area (Å²) in [5.74, 6) is -0.150. The van der Waals surface area contributed by atoms with E-state index in [9.17, 15) is 9.59 Å². The van der Waals surface area contributed by atoms with Crippen molar-refractivity contribution in [3.63, 3.8) is 0 Å². The number of nitrogens with zero attached hydrogens (tertiary/aromatic N) is 1. The highest BCUT2D eigenvalue weighted by Gasteiger charge is 2.13. The number of hydrogen-bond acceptors (Lipinski definition) is 5. The van der Waals surface area contributed by atoms with Crippen LogP contribution in [0.1, 0.15) is 29.1 Å². The smallest absolute Gasteiger partial charge is 0.230 e. The molecule has 0 unspecified atom stereocenters. The second-order valence-corrected chi connectivity index (χ2v) is 8.48. The molecule has 128 valence electrons. The minimum absolute atomic E-state index is 0.0558. The summed E-state index contributed by atoms with van der Waals surface area (Å²) in [5, 5.41) is 2.97. The number of amides is 2. The van der Waals surface area contributed by atoms with E-state index in [1.54, 1.807) is 0 Å². The SMILES string of the molecule is Cc1nc(SCC(=O)N[C@@H](C)c2ccc(Br)cc2)sc1CC(N)=O. The van der Waals surface area contributed by atoms with Crippen LogP contribution in [0.5, 0.6) is 0 Å². The largest absolute Gasteiger partial charge is 0.369 e. The molecule has 0 saturated heterocycles. The third-order valence-corrected chi connectivity index (χ3v) is 6.11. The van der Waals surface area contributed by atoms with Crippen LogP contribution in [0.4, 0.5) is 0 Å². The van der Waals surface area contributed by atoms with Crippen molar-refractivity contribution in [1.29, 1.82) is 0 Å². The summed E-state index contributed by atoms with van der Waals surface area (Å²) in [7, 11) is 0. The van der Waals surface area contributed by atoms with Crippen molar-refractivity contribution >= 4 is 50.8 Å². The number of thiazole rings is 1. The Morgan fingerprint density at radius 2 is 2.04 bits per heavy atom. The molecule has 1 aromatic carbocycles. The van der Waals surface area contributed by atoms with Gasteiger partial charge in [0.15, 0.2) is 4.34 Å². The zero-order chi connectivity index (χ0) is 17.7. The lowest BCUT2D eigenvalue weighted by Gasteiger charge is -2.14. The molecule has 0 aliphatic rings. The van der Waals surface area contributed by atoms with Gasteiger partial charge in [0.25, 0.3) is 0 Å². The molecule has 1 aromatic heterocycles. The van der Waals surface area contributed by atoms with Crippen molar-refractivity contribution in [2.45, 2.75) is 30.6 Å². The number of benzene rings is 1. The van der Waals surface area contributed by atoms with Crippen molar-refractivity contribution in [1.82, 2.24) is 10.3 Å². The molecule has 0 aliphatic carbocycles. The van der Waals surface area contributed by atoms with Gasteiger partial charge in [0, 0.05) is 9.35 Å². The molecule has 2 amide bonds. The molecule has 2 aromatic rings. The van der Waals surface area contributed by atoms with Crippen LogP contribution in [-0.2, 0) is 16.0 Å². The summed E-state index contributed by atoms with van der Waals surface area (Å²) in [4.78, 5) is 28.3. The zero-order valence-electron chi connectivity index (χ0n) is 13.3. The van der Waals surface area contributed by atoms with Crippen LogP contribution in [0, 0.1) is 6.92 Å². The van der Waals surface area contributed by atoms with Crippen molar-refractivity contribution < 1.29 is 9.59 Å². The van der Waals surface area contributed by atoms with E-state index in [1.807, 2.05) is 38.1 Å². The number of halogens is 1. The monoisotopic (exact) mass is 427 g/mol. The van der Waals surface area contributed by atoms with Gasteiger partial charge >= 0.3 is 0 Å². The zero-order valence-corrected chi connectivity index (χ0v) is 16.6. The number of hydrogen-bond donors (Lipinski definition) is 2. The van der Waals surface area contributed by atoms with Gasteiger partial charge in [-0.25, -0.2) is 4.98 Å². The maximum absolute atomic E-state index is 12.1. The lowest BCUT2D eigenvalue weighted by atomic mass is 10.1. The molecule has 0 aliphatic heterocycles. The van der Waals surface area contributed by atoms with Crippen LogP contribution in [0.15, 0.2) is 33.1 Å². The molecule has 0 saturated carbocycles. The first kappa shape index (κ1) is 19.0. The van der Waals surface area contributed by atoms with E-state index < -0.39 is 0 Å². The number of carbonyl (C=O) groups excluding carboxylic acids is 2. The molecule has 2 rings (SSSR count). The van der Waals surface area contributed by atoms with Gasteiger partial charge < -0.3 is 11.1 Å². The van der Waals surface area contributed by atoms with Crippen LogP contribution in [0.25, 0.3) is 0 Å². The quantitative estimate of drug-likeness (QED) is 0.664. The molecule has 8 heteroatoms.